The lowest BCUT2D eigenvalue weighted by Gasteiger charge is -2.05. The third-order valence-corrected chi connectivity index (χ3v) is 5.42. The van der Waals surface area contributed by atoms with E-state index in [9.17, 15) is 20.2 Å². The van der Waals surface area contributed by atoms with Crippen LogP contribution in [0.1, 0.15) is 5.01 Å². The van der Waals surface area contributed by atoms with Crippen molar-refractivity contribution in [2.75, 3.05) is 12.4 Å². The SMILES string of the molecule is COc1ccc(NC=C(C#N)c2nc(-c3cc4ccccc4oc3=O)cs2)c([N+](=O)[O-])c1. The van der Waals surface area contributed by atoms with Crippen molar-refractivity contribution in [2.45, 2.75) is 0 Å². The number of hydrogen-bond donors (Lipinski definition) is 1. The highest BCUT2D eigenvalue weighted by atomic mass is 32.1. The molecule has 0 unspecified atom stereocenters. The van der Waals surface area contributed by atoms with Gasteiger partial charge in [0.25, 0.3) is 5.69 Å². The smallest absolute Gasteiger partial charge is 0.345 e. The van der Waals surface area contributed by atoms with Gasteiger partial charge in [0.05, 0.1) is 29.4 Å². The van der Waals surface area contributed by atoms with Crippen LogP contribution in [0.5, 0.6) is 5.75 Å². The Morgan fingerprint density at radius 1 is 1.31 bits per heavy atom. The molecule has 1 N–H and O–H groups in total. The van der Waals surface area contributed by atoms with Crippen LogP contribution in [0.25, 0.3) is 27.8 Å². The second kappa shape index (κ2) is 8.71. The van der Waals surface area contributed by atoms with E-state index in [2.05, 4.69) is 10.3 Å². The highest BCUT2D eigenvalue weighted by Gasteiger charge is 2.16. The number of nitro benzene ring substituents is 1. The van der Waals surface area contributed by atoms with Crippen molar-refractivity contribution in [3.05, 3.63) is 85.7 Å². The molecule has 0 atom stereocenters. The molecule has 2 heterocycles. The summed E-state index contributed by atoms with van der Waals surface area (Å²) in [5, 5.41) is 26.4. The molecule has 0 saturated heterocycles. The number of thiazole rings is 1. The molecule has 4 rings (SSSR count). The number of methoxy groups -OCH3 is 1. The third kappa shape index (κ3) is 4.05. The maximum Gasteiger partial charge on any atom is 0.345 e. The molecule has 0 spiro atoms. The second-order valence-electron chi connectivity index (χ2n) is 6.48. The predicted molar refractivity (Wildman–Crippen MR) is 120 cm³/mol. The quantitative estimate of drug-likeness (QED) is 0.193. The number of fused-ring (bicyclic) bond motifs is 1. The molecule has 0 fully saturated rings. The molecule has 0 saturated carbocycles. The van der Waals surface area contributed by atoms with Crippen LogP contribution in [0.15, 0.2) is 69.3 Å². The Bertz CT molecular complexity index is 1470. The highest BCUT2D eigenvalue weighted by Crippen LogP contribution is 2.30. The fraction of sp³-hybridized carbons (Fsp3) is 0.0455. The van der Waals surface area contributed by atoms with Gasteiger partial charge >= 0.3 is 5.63 Å². The standard InChI is InChI=1S/C22H14N4O5S/c1-30-15-6-7-17(19(9-15)26(28)29)24-11-14(10-23)21-25-18(12-32-21)16-8-13-4-2-3-5-20(13)31-22(16)27/h2-9,11-12,24H,1H3. The summed E-state index contributed by atoms with van der Waals surface area (Å²) in [6.07, 6.45) is 1.33. The molecule has 0 bridgehead atoms. The molecule has 158 valence electrons. The van der Waals surface area contributed by atoms with Crippen molar-refractivity contribution >= 4 is 39.3 Å². The molecule has 0 amide bonds. The van der Waals surface area contributed by atoms with Crippen molar-refractivity contribution < 1.29 is 14.1 Å². The fourth-order valence-corrected chi connectivity index (χ4v) is 3.75. The van der Waals surface area contributed by atoms with Gasteiger partial charge in [0.15, 0.2) is 0 Å². The predicted octanol–water partition coefficient (Wildman–Crippen LogP) is 4.81. The van der Waals surface area contributed by atoms with Crippen molar-refractivity contribution in [1.82, 2.24) is 4.98 Å². The summed E-state index contributed by atoms with van der Waals surface area (Å²) >= 11 is 1.17. The summed E-state index contributed by atoms with van der Waals surface area (Å²) in [7, 11) is 1.41. The van der Waals surface area contributed by atoms with E-state index < -0.39 is 10.5 Å². The minimum atomic E-state index is -0.550. The number of rotatable bonds is 6. The number of ether oxygens (including phenoxy) is 1. The van der Waals surface area contributed by atoms with Crippen LogP contribution in [-0.4, -0.2) is 17.0 Å². The van der Waals surface area contributed by atoms with Gasteiger partial charge in [0, 0.05) is 17.0 Å². The first-order chi connectivity index (χ1) is 15.5. The lowest BCUT2D eigenvalue weighted by atomic mass is 10.1. The minimum Gasteiger partial charge on any atom is -0.496 e. The van der Waals surface area contributed by atoms with Crippen LogP contribution >= 0.6 is 11.3 Å². The number of para-hydroxylation sites is 1. The van der Waals surface area contributed by atoms with Gasteiger partial charge in [-0.25, -0.2) is 9.78 Å². The number of nitro groups is 1. The van der Waals surface area contributed by atoms with Crippen LogP contribution in [0.4, 0.5) is 11.4 Å². The van der Waals surface area contributed by atoms with Crippen LogP contribution in [0.3, 0.4) is 0 Å². The normalized spacial score (nSPS) is 11.2. The van der Waals surface area contributed by atoms with E-state index in [1.54, 1.807) is 29.6 Å². The fourth-order valence-electron chi connectivity index (χ4n) is 2.96. The molecule has 2 aromatic heterocycles. The molecule has 0 radical (unpaired) electrons. The lowest BCUT2D eigenvalue weighted by molar-refractivity contribution is -0.384. The van der Waals surface area contributed by atoms with Gasteiger partial charge in [0.1, 0.15) is 33.7 Å². The largest absolute Gasteiger partial charge is 0.496 e. The van der Waals surface area contributed by atoms with Gasteiger partial charge in [-0.15, -0.1) is 11.3 Å². The van der Waals surface area contributed by atoms with Crippen molar-refractivity contribution in [2.24, 2.45) is 0 Å². The van der Waals surface area contributed by atoms with E-state index in [-0.39, 0.29) is 22.5 Å². The van der Waals surface area contributed by atoms with Gasteiger partial charge in [-0.3, -0.25) is 10.1 Å². The highest BCUT2D eigenvalue weighted by molar-refractivity contribution is 7.11. The average molecular weight is 446 g/mol. The van der Waals surface area contributed by atoms with Crippen molar-refractivity contribution in [1.29, 1.82) is 5.26 Å². The summed E-state index contributed by atoms with van der Waals surface area (Å²) in [5.41, 5.74) is 0.733. The van der Waals surface area contributed by atoms with Gasteiger partial charge in [-0.2, -0.15) is 5.26 Å². The van der Waals surface area contributed by atoms with Gasteiger partial charge in [-0.05, 0) is 24.3 Å². The number of hydrogen-bond acceptors (Lipinski definition) is 9. The third-order valence-electron chi connectivity index (χ3n) is 4.55. The summed E-state index contributed by atoms with van der Waals surface area (Å²) in [4.78, 5) is 27.6. The van der Waals surface area contributed by atoms with E-state index >= 15 is 0 Å². The van der Waals surface area contributed by atoms with Gasteiger partial charge in [-0.1, -0.05) is 18.2 Å². The Morgan fingerprint density at radius 3 is 2.88 bits per heavy atom. The summed E-state index contributed by atoms with van der Waals surface area (Å²) in [5.74, 6) is 0.338. The summed E-state index contributed by atoms with van der Waals surface area (Å²) in [6.45, 7) is 0. The van der Waals surface area contributed by atoms with Crippen LogP contribution in [-0.2, 0) is 0 Å². The Kier molecular flexibility index (Phi) is 5.65. The Hall–Kier alpha value is -4.49. The molecule has 9 nitrogen and oxygen atoms in total. The Balaban J connectivity index is 1.66. The summed E-state index contributed by atoms with van der Waals surface area (Å²) < 4.78 is 10.4. The number of nitrogens with one attached hydrogen (secondary N) is 1. The molecule has 0 aliphatic carbocycles. The van der Waals surface area contributed by atoms with Gasteiger partial charge in [0.2, 0.25) is 0 Å². The summed E-state index contributed by atoms with van der Waals surface area (Å²) in [6, 6.07) is 15.2. The Morgan fingerprint density at radius 2 is 2.12 bits per heavy atom. The molecule has 0 aliphatic rings. The zero-order valence-corrected chi connectivity index (χ0v) is 17.4. The average Bonchev–Trinajstić information content (AvgIpc) is 3.28. The molecule has 10 heteroatoms. The number of allylic oxidation sites excluding steroid dienone is 1. The first kappa shape index (κ1) is 20.8. The number of nitrogens with zero attached hydrogens (tertiary/aromatic N) is 3. The van der Waals surface area contributed by atoms with Crippen LogP contribution in [0.2, 0.25) is 0 Å². The zero-order chi connectivity index (χ0) is 22.7. The number of benzene rings is 2. The van der Waals surface area contributed by atoms with Crippen molar-refractivity contribution in [3.63, 3.8) is 0 Å². The minimum absolute atomic E-state index is 0.150. The molecule has 0 aliphatic heterocycles. The Labute approximate surface area is 185 Å². The van der Waals surface area contributed by atoms with E-state index in [1.165, 1.54) is 36.8 Å². The van der Waals surface area contributed by atoms with E-state index in [4.69, 9.17) is 9.15 Å². The monoisotopic (exact) mass is 446 g/mol. The first-order valence-corrected chi connectivity index (χ1v) is 10.1. The second-order valence-corrected chi connectivity index (χ2v) is 7.34. The van der Waals surface area contributed by atoms with Crippen LogP contribution in [0, 0.1) is 21.4 Å². The van der Waals surface area contributed by atoms with Gasteiger partial charge < -0.3 is 14.5 Å². The van der Waals surface area contributed by atoms with E-state index in [1.807, 2.05) is 18.2 Å². The zero-order valence-electron chi connectivity index (χ0n) is 16.6. The number of nitriles is 1. The molecular weight excluding hydrogens is 432 g/mol. The first-order valence-electron chi connectivity index (χ1n) is 9.18. The van der Waals surface area contributed by atoms with E-state index in [0.717, 1.165) is 5.39 Å². The van der Waals surface area contributed by atoms with E-state index in [0.29, 0.717) is 22.0 Å². The molecule has 32 heavy (non-hydrogen) atoms. The van der Waals surface area contributed by atoms with Crippen LogP contribution < -0.4 is 15.7 Å². The lowest BCUT2D eigenvalue weighted by Crippen LogP contribution is -2.03. The number of anilines is 1. The van der Waals surface area contributed by atoms with Crippen molar-refractivity contribution in [3.8, 4) is 23.1 Å². The topological polar surface area (TPSA) is 131 Å². The maximum atomic E-state index is 12.4. The number of aromatic nitrogens is 1. The molecule has 4 aromatic rings. The molecular formula is C22H14N4O5S. The maximum absolute atomic E-state index is 12.4. The molecule has 2 aromatic carbocycles.